The summed E-state index contributed by atoms with van der Waals surface area (Å²) in [6.45, 7) is 0.539. The van der Waals surface area contributed by atoms with Gasteiger partial charge in [-0.1, -0.05) is 58.4 Å². The first-order valence-electron chi connectivity index (χ1n) is 12.3. The van der Waals surface area contributed by atoms with Crippen LogP contribution in [-0.4, -0.2) is 44.3 Å². The summed E-state index contributed by atoms with van der Waals surface area (Å²) in [6, 6.07) is 21.5. The quantitative estimate of drug-likeness (QED) is 0.319. The van der Waals surface area contributed by atoms with Crippen LogP contribution in [0.5, 0.6) is 0 Å². The lowest BCUT2D eigenvalue weighted by molar-refractivity contribution is 0.139. The number of halogens is 1. The number of urea groups is 1. The van der Waals surface area contributed by atoms with Crippen molar-refractivity contribution in [3.63, 3.8) is 0 Å². The number of rotatable bonds is 10. The lowest BCUT2D eigenvalue weighted by Gasteiger charge is -2.19. The summed E-state index contributed by atoms with van der Waals surface area (Å²) in [6.07, 6.45) is 1.26. The highest BCUT2D eigenvalue weighted by Gasteiger charge is 2.38. The zero-order valence-corrected chi connectivity index (χ0v) is 23.4. The van der Waals surface area contributed by atoms with Gasteiger partial charge >= 0.3 is 12.1 Å². The van der Waals surface area contributed by atoms with Crippen molar-refractivity contribution in [1.29, 1.82) is 0 Å². The molecule has 3 aromatic rings. The Morgan fingerprint density at radius 2 is 1.74 bits per heavy atom. The van der Waals surface area contributed by atoms with E-state index >= 15 is 0 Å². The molecule has 0 radical (unpaired) electrons. The van der Waals surface area contributed by atoms with Crippen molar-refractivity contribution in [2.45, 2.75) is 42.6 Å². The van der Waals surface area contributed by atoms with Crippen molar-refractivity contribution in [2.24, 2.45) is 0 Å². The molecule has 8 nitrogen and oxygen atoms in total. The lowest BCUT2D eigenvalue weighted by Crippen LogP contribution is -2.33. The van der Waals surface area contributed by atoms with Gasteiger partial charge in [0.15, 0.2) is 9.84 Å². The lowest BCUT2D eigenvalue weighted by atomic mass is 10.1. The standard InChI is InChI=1S/C28H30BrN3O5S/c1-32(15-14-20-8-5-9-23(29)16-20)27(33)31-24-10-13-26(38(35,36)25-11-12-25)22(17-24)18-30-28(34)37-19-21-6-3-2-4-7-21/h2-10,13,16-17,25H,11-12,14-15,18-19H2,1H3,(H,30,34)(H,31,33). The number of ether oxygens (including phenoxy) is 1. The van der Waals surface area contributed by atoms with E-state index in [1.807, 2.05) is 54.6 Å². The number of nitrogens with zero attached hydrogens (tertiary/aromatic N) is 1. The maximum absolute atomic E-state index is 13.0. The third-order valence-corrected chi connectivity index (χ3v) is 9.04. The van der Waals surface area contributed by atoms with E-state index < -0.39 is 21.2 Å². The predicted octanol–water partition coefficient (Wildman–Crippen LogP) is 5.52. The fourth-order valence-corrected chi connectivity index (χ4v) is 6.20. The molecule has 0 aromatic heterocycles. The number of likely N-dealkylation sites (N-methyl/N-ethyl adjacent to an activating group) is 1. The van der Waals surface area contributed by atoms with Gasteiger partial charge in [-0.25, -0.2) is 18.0 Å². The molecule has 2 N–H and O–H groups in total. The van der Waals surface area contributed by atoms with Gasteiger partial charge in [-0.15, -0.1) is 0 Å². The highest BCUT2D eigenvalue weighted by atomic mass is 79.9. The van der Waals surface area contributed by atoms with Gasteiger partial charge in [-0.2, -0.15) is 0 Å². The second-order valence-electron chi connectivity index (χ2n) is 9.21. The number of hydrogen-bond donors (Lipinski definition) is 2. The SMILES string of the molecule is CN(CCc1cccc(Br)c1)C(=O)Nc1ccc(S(=O)(=O)C2CC2)c(CNC(=O)OCc2ccccc2)c1. The summed E-state index contributed by atoms with van der Waals surface area (Å²) in [5, 5.41) is 5.05. The Morgan fingerprint density at radius 1 is 1.00 bits per heavy atom. The maximum atomic E-state index is 13.0. The molecule has 200 valence electrons. The molecule has 38 heavy (non-hydrogen) atoms. The largest absolute Gasteiger partial charge is 0.445 e. The van der Waals surface area contributed by atoms with Gasteiger partial charge in [0, 0.05) is 30.3 Å². The van der Waals surface area contributed by atoms with E-state index in [0.717, 1.165) is 15.6 Å². The number of anilines is 1. The summed E-state index contributed by atoms with van der Waals surface area (Å²) < 4.78 is 32.3. The summed E-state index contributed by atoms with van der Waals surface area (Å²) in [4.78, 5) is 26.8. The van der Waals surface area contributed by atoms with Crippen LogP contribution < -0.4 is 10.6 Å². The Kier molecular flexibility index (Phi) is 9.06. The van der Waals surface area contributed by atoms with E-state index in [2.05, 4.69) is 26.6 Å². The van der Waals surface area contributed by atoms with E-state index in [0.29, 0.717) is 37.1 Å². The van der Waals surface area contributed by atoms with E-state index in [1.54, 1.807) is 24.1 Å². The Labute approximate surface area is 231 Å². The molecule has 10 heteroatoms. The zero-order valence-electron chi connectivity index (χ0n) is 21.0. The minimum atomic E-state index is -3.52. The molecule has 4 rings (SSSR count). The number of amides is 3. The Hall–Kier alpha value is -3.37. The summed E-state index contributed by atoms with van der Waals surface area (Å²) in [7, 11) is -1.82. The Balaban J connectivity index is 1.41. The van der Waals surface area contributed by atoms with Crippen molar-refractivity contribution in [3.05, 3.63) is 94.0 Å². The van der Waals surface area contributed by atoms with Crippen LogP contribution in [0.1, 0.15) is 29.5 Å². The highest BCUT2D eigenvalue weighted by Crippen LogP contribution is 2.35. The minimum absolute atomic E-state index is 0.0582. The van der Waals surface area contributed by atoms with E-state index in [4.69, 9.17) is 4.74 Å². The van der Waals surface area contributed by atoms with Crippen LogP contribution >= 0.6 is 15.9 Å². The average Bonchev–Trinajstić information content (AvgIpc) is 3.76. The smallest absolute Gasteiger partial charge is 0.407 e. The monoisotopic (exact) mass is 599 g/mol. The number of carbonyl (C=O) groups excluding carboxylic acids is 2. The highest BCUT2D eigenvalue weighted by molar-refractivity contribution is 9.10. The van der Waals surface area contributed by atoms with Crippen molar-refractivity contribution in [2.75, 3.05) is 18.9 Å². The normalized spacial score (nSPS) is 13.0. The van der Waals surface area contributed by atoms with Gasteiger partial charge in [-0.05, 0) is 66.3 Å². The topological polar surface area (TPSA) is 105 Å². The van der Waals surface area contributed by atoms with Crippen molar-refractivity contribution < 1.29 is 22.7 Å². The van der Waals surface area contributed by atoms with Crippen LogP contribution in [0, 0.1) is 0 Å². The van der Waals surface area contributed by atoms with Gasteiger partial charge in [0.25, 0.3) is 0 Å². The minimum Gasteiger partial charge on any atom is -0.445 e. The van der Waals surface area contributed by atoms with E-state index in [1.165, 1.54) is 6.07 Å². The van der Waals surface area contributed by atoms with Gasteiger partial charge in [0.1, 0.15) is 6.61 Å². The number of hydrogen-bond acceptors (Lipinski definition) is 5. The molecule has 0 saturated heterocycles. The molecule has 3 aromatic carbocycles. The average molecular weight is 601 g/mol. The summed E-state index contributed by atoms with van der Waals surface area (Å²) >= 11 is 3.45. The molecule has 0 heterocycles. The van der Waals surface area contributed by atoms with Crippen LogP contribution in [0.4, 0.5) is 15.3 Å². The van der Waals surface area contributed by atoms with Crippen LogP contribution in [0.15, 0.2) is 82.2 Å². The zero-order chi connectivity index (χ0) is 27.1. The third-order valence-electron chi connectivity index (χ3n) is 6.19. The molecular formula is C28H30BrN3O5S. The predicted molar refractivity (Wildman–Crippen MR) is 150 cm³/mol. The molecule has 1 aliphatic rings. The van der Waals surface area contributed by atoms with Gasteiger partial charge in [0.2, 0.25) is 0 Å². The van der Waals surface area contributed by atoms with Crippen LogP contribution in [0.2, 0.25) is 0 Å². The molecule has 0 atom stereocenters. The van der Waals surface area contributed by atoms with Crippen LogP contribution in [-0.2, 0) is 34.1 Å². The fraction of sp³-hybridized carbons (Fsp3) is 0.286. The summed E-state index contributed by atoms with van der Waals surface area (Å²) in [5.74, 6) is 0. The van der Waals surface area contributed by atoms with Crippen molar-refractivity contribution in [3.8, 4) is 0 Å². The third kappa shape index (κ3) is 7.58. The van der Waals surface area contributed by atoms with Crippen LogP contribution in [0.25, 0.3) is 0 Å². The number of benzene rings is 3. The Bertz CT molecular complexity index is 1390. The first kappa shape index (κ1) is 27.7. The van der Waals surface area contributed by atoms with Gasteiger partial charge in [0.05, 0.1) is 10.1 Å². The second-order valence-corrected chi connectivity index (χ2v) is 12.3. The first-order valence-corrected chi connectivity index (χ1v) is 14.6. The molecule has 0 aliphatic heterocycles. The summed E-state index contributed by atoms with van der Waals surface area (Å²) in [5.41, 5.74) is 2.77. The van der Waals surface area contributed by atoms with E-state index in [-0.39, 0.29) is 24.1 Å². The number of carbonyl (C=O) groups is 2. The number of sulfone groups is 1. The van der Waals surface area contributed by atoms with Crippen molar-refractivity contribution >= 4 is 43.6 Å². The first-order chi connectivity index (χ1) is 18.2. The van der Waals surface area contributed by atoms with Crippen molar-refractivity contribution in [1.82, 2.24) is 10.2 Å². The van der Waals surface area contributed by atoms with Gasteiger partial charge < -0.3 is 20.3 Å². The second kappa shape index (κ2) is 12.4. The molecule has 1 fully saturated rings. The molecule has 1 saturated carbocycles. The van der Waals surface area contributed by atoms with E-state index in [9.17, 15) is 18.0 Å². The molecule has 0 unspecified atom stereocenters. The Morgan fingerprint density at radius 3 is 2.45 bits per heavy atom. The molecular weight excluding hydrogens is 570 g/mol. The van der Waals surface area contributed by atoms with Crippen LogP contribution in [0.3, 0.4) is 0 Å². The van der Waals surface area contributed by atoms with Gasteiger partial charge in [-0.3, -0.25) is 0 Å². The molecule has 0 spiro atoms. The molecule has 3 amide bonds. The molecule has 1 aliphatic carbocycles. The maximum Gasteiger partial charge on any atom is 0.407 e. The number of alkyl carbamates (subject to hydrolysis) is 1. The fourth-order valence-electron chi connectivity index (χ4n) is 3.88. The number of nitrogens with one attached hydrogen (secondary N) is 2. The molecule has 0 bridgehead atoms.